The first-order valence-corrected chi connectivity index (χ1v) is 9.95. The quantitative estimate of drug-likeness (QED) is 0.717. The van der Waals surface area contributed by atoms with Crippen molar-refractivity contribution in [3.63, 3.8) is 0 Å². The summed E-state index contributed by atoms with van der Waals surface area (Å²) in [4.78, 5) is 12.6. The first kappa shape index (κ1) is 17.5. The van der Waals surface area contributed by atoms with Crippen molar-refractivity contribution in [3.05, 3.63) is 59.2 Å². The van der Waals surface area contributed by atoms with Gasteiger partial charge >= 0.3 is 0 Å². The van der Waals surface area contributed by atoms with Gasteiger partial charge in [0.25, 0.3) is 0 Å². The smallest absolute Gasteiger partial charge is 0.193 e. The van der Waals surface area contributed by atoms with Crippen LogP contribution in [0.25, 0.3) is 11.1 Å². The number of Topliss-reactive ketones (excluding diaryl/α,β-unsaturated/α-hetero) is 1. The van der Waals surface area contributed by atoms with E-state index in [1.165, 1.54) is 60.8 Å². The molecule has 1 unspecified atom stereocenters. The number of hydrogen-bond donors (Lipinski definition) is 1. The molecule has 4 rings (SSSR count). The van der Waals surface area contributed by atoms with Gasteiger partial charge in [0.2, 0.25) is 0 Å². The van der Waals surface area contributed by atoms with Crippen molar-refractivity contribution in [1.82, 2.24) is 0 Å². The van der Waals surface area contributed by atoms with Crippen molar-refractivity contribution >= 4 is 5.78 Å². The second kappa shape index (κ2) is 6.66. The molecule has 0 amide bonds. The van der Waals surface area contributed by atoms with Crippen LogP contribution in [0.1, 0.15) is 79.8 Å². The van der Waals surface area contributed by atoms with Crippen molar-refractivity contribution in [2.45, 2.75) is 63.9 Å². The lowest BCUT2D eigenvalue weighted by molar-refractivity contribution is 0.0488. The zero-order chi connectivity index (χ0) is 18.3. The van der Waals surface area contributed by atoms with Crippen molar-refractivity contribution in [3.8, 4) is 11.1 Å². The molecule has 2 nitrogen and oxygen atoms in total. The Morgan fingerprint density at radius 1 is 1.00 bits per heavy atom. The molecule has 0 spiro atoms. The molecule has 0 aliphatic heterocycles. The predicted molar refractivity (Wildman–Crippen MR) is 106 cm³/mol. The average Bonchev–Trinajstić information content (AvgIpc) is 2.95. The van der Waals surface area contributed by atoms with E-state index >= 15 is 0 Å². The molecule has 0 radical (unpaired) electrons. The van der Waals surface area contributed by atoms with Crippen LogP contribution >= 0.6 is 0 Å². The van der Waals surface area contributed by atoms with Gasteiger partial charge in [-0.05, 0) is 54.5 Å². The molecule has 2 aromatic carbocycles. The highest BCUT2D eigenvalue weighted by Crippen LogP contribution is 2.49. The van der Waals surface area contributed by atoms with E-state index in [0.29, 0.717) is 11.5 Å². The van der Waals surface area contributed by atoms with E-state index in [4.69, 9.17) is 0 Å². The van der Waals surface area contributed by atoms with Gasteiger partial charge in [0.15, 0.2) is 5.78 Å². The number of carbonyl (C=O) groups excluding carboxylic acids is 1. The van der Waals surface area contributed by atoms with Gasteiger partial charge in [0, 0.05) is 11.5 Å². The number of benzene rings is 2. The van der Waals surface area contributed by atoms with Crippen LogP contribution in [-0.2, 0) is 0 Å². The predicted octanol–water partition coefficient (Wildman–Crippen LogP) is 5.72. The Morgan fingerprint density at radius 3 is 2.42 bits per heavy atom. The normalized spacial score (nSPS) is 19.9. The van der Waals surface area contributed by atoms with E-state index in [9.17, 15) is 9.90 Å². The minimum Gasteiger partial charge on any atom is -0.382 e. The second-order valence-corrected chi connectivity index (χ2v) is 8.57. The number of fused-ring (bicyclic) bond motifs is 3. The molecule has 26 heavy (non-hydrogen) atoms. The molecule has 0 aromatic heterocycles. The van der Waals surface area contributed by atoms with Crippen molar-refractivity contribution in [1.29, 1.82) is 0 Å². The standard InChI is InChI=1S/C24H28O2/c1-24(2,26)23(25)17-12-13-20-18-10-6-7-11-19(18)21(22(20)15-17)14-16-8-4-3-5-9-16/h6-7,10-13,15-16,21,26H,3-5,8-9,14H2,1-2H3. The third-order valence-corrected chi connectivity index (χ3v) is 6.16. The Labute approximate surface area is 156 Å². The Hall–Kier alpha value is -1.93. The lowest BCUT2D eigenvalue weighted by atomic mass is 9.79. The van der Waals surface area contributed by atoms with E-state index in [2.05, 4.69) is 30.3 Å². The molecule has 1 N–H and O–H groups in total. The zero-order valence-corrected chi connectivity index (χ0v) is 15.8. The van der Waals surface area contributed by atoms with Gasteiger partial charge < -0.3 is 5.11 Å². The zero-order valence-electron chi connectivity index (χ0n) is 15.8. The number of ketones is 1. The summed E-state index contributed by atoms with van der Waals surface area (Å²) >= 11 is 0. The molecule has 0 heterocycles. The minimum atomic E-state index is -1.33. The Morgan fingerprint density at radius 2 is 1.69 bits per heavy atom. The Bertz CT molecular complexity index is 822. The molecule has 2 aliphatic rings. The van der Waals surface area contributed by atoms with Crippen LogP contribution in [-0.4, -0.2) is 16.5 Å². The van der Waals surface area contributed by atoms with Gasteiger partial charge in [-0.1, -0.05) is 68.5 Å². The van der Waals surface area contributed by atoms with E-state index in [1.54, 1.807) is 13.8 Å². The fraction of sp³-hybridized carbons (Fsp3) is 0.458. The van der Waals surface area contributed by atoms with Gasteiger partial charge in [-0.2, -0.15) is 0 Å². The maximum Gasteiger partial charge on any atom is 0.193 e. The lowest BCUT2D eigenvalue weighted by Crippen LogP contribution is -2.31. The average molecular weight is 348 g/mol. The fourth-order valence-corrected chi connectivity index (χ4v) is 4.81. The van der Waals surface area contributed by atoms with Gasteiger partial charge in [-0.15, -0.1) is 0 Å². The first-order valence-electron chi connectivity index (χ1n) is 9.95. The highest BCUT2D eigenvalue weighted by atomic mass is 16.3. The highest BCUT2D eigenvalue weighted by molar-refractivity contribution is 6.02. The van der Waals surface area contributed by atoms with E-state index in [1.807, 2.05) is 12.1 Å². The summed E-state index contributed by atoms with van der Waals surface area (Å²) in [6.07, 6.45) is 7.90. The van der Waals surface area contributed by atoms with E-state index in [-0.39, 0.29) is 5.78 Å². The Balaban J connectivity index is 1.74. The van der Waals surface area contributed by atoms with Crippen LogP contribution in [0.2, 0.25) is 0 Å². The van der Waals surface area contributed by atoms with Crippen molar-refractivity contribution in [2.24, 2.45) is 5.92 Å². The monoisotopic (exact) mass is 348 g/mol. The number of carbonyl (C=O) groups is 1. The highest BCUT2D eigenvalue weighted by Gasteiger charge is 2.33. The summed E-state index contributed by atoms with van der Waals surface area (Å²) in [5.41, 5.74) is 4.53. The maximum absolute atomic E-state index is 12.6. The summed E-state index contributed by atoms with van der Waals surface area (Å²) in [7, 11) is 0. The fourth-order valence-electron chi connectivity index (χ4n) is 4.81. The lowest BCUT2D eigenvalue weighted by Gasteiger charge is -2.26. The number of hydrogen-bond acceptors (Lipinski definition) is 2. The summed E-state index contributed by atoms with van der Waals surface area (Å²) in [5.74, 6) is 0.952. The van der Waals surface area contributed by atoms with Crippen LogP contribution in [0.5, 0.6) is 0 Å². The minimum absolute atomic E-state index is 0.201. The Kier molecular flexibility index (Phi) is 4.48. The van der Waals surface area contributed by atoms with Crippen LogP contribution in [0.4, 0.5) is 0 Å². The summed E-state index contributed by atoms with van der Waals surface area (Å²) in [5, 5.41) is 10.1. The van der Waals surface area contributed by atoms with E-state index < -0.39 is 5.60 Å². The van der Waals surface area contributed by atoms with Crippen LogP contribution < -0.4 is 0 Å². The molecule has 2 aromatic rings. The maximum atomic E-state index is 12.6. The van der Waals surface area contributed by atoms with Gasteiger partial charge in [0.05, 0.1) is 0 Å². The van der Waals surface area contributed by atoms with Crippen LogP contribution in [0, 0.1) is 5.92 Å². The molecule has 2 heteroatoms. The molecule has 1 saturated carbocycles. The number of rotatable bonds is 4. The molecular formula is C24H28O2. The SMILES string of the molecule is CC(C)(O)C(=O)c1ccc2c(c1)C(CC1CCCCC1)c1ccccc1-2. The van der Waals surface area contributed by atoms with Gasteiger partial charge in [-0.3, -0.25) is 4.79 Å². The first-order chi connectivity index (χ1) is 12.4. The summed E-state index contributed by atoms with van der Waals surface area (Å²) in [6.45, 7) is 3.13. The molecular weight excluding hydrogens is 320 g/mol. The van der Waals surface area contributed by atoms with Crippen molar-refractivity contribution in [2.75, 3.05) is 0 Å². The van der Waals surface area contributed by atoms with Crippen molar-refractivity contribution < 1.29 is 9.90 Å². The summed E-state index contributed by atoms with van der Waals surface area (Å²) < 4.78 is 0. The van der Waals surface area contributed by atoms with Crippen LogP contribution in [0.3, 0.4) is 0 Å². The topological polar surface area (TPSA) is 37.3 Å². The molecule has 0 bridgehead atoms. The third kappa shape index (κ3) is 3.12. The molecule has 0 saturated heterocycles. The molecule has 136 valence electrons. The number of aliphatic hydroxyl groups is 1. The second-order valence-electron chi connectivity index (χ2n) is 8.57. The molecule has 1 atom stereocenters. The molecule has 1 fully saturated rings. The molecule has 2 aliphatic carbocycles. The van der Waals surface area contributed by atoms with Crippen LogP contribution in [0.15, 0.2) is 42.5 Å². The van der Waals surface area contributed by atoms with Gasteiger partial charge in [0.1, 0.15) is 5.60 Å². The third-order valence-electron chi connectivity index (χ3n) is 6.16. The summed E-state index contributed by atoms with van der Waals surface area (Å²) in [6, 6.07) is 14.7. The largest absolute Gasteiger partial charge is 0.382 e. The van der Waals surface area contributed by atoms with E-state index in [0.717, 1.165) is 5.92 Å². The van der Waals surface area contributed by atoms with Gasteiger partial charge in [-0.25, -0.2) is 0 Å².